The summed E-state index contributed by atoms with van der Waals surface area (Å²) < 4.78 is 13.8. The first-order valence-electron chi connectivity index (χ1n) is 5.45. The van der Waals surface area contributed by atoms with Crippen LogP contribution < -0.4 is 0 Å². The summed E-state index contributed by atoms with van der Waals surface area (Å²) in [5.74, 6) is -0.187. The Morgan fingerprint density at radius 1 is 1.44 bits per heavy atom. The summed E-state index contributed by atoms with van der Waals surface area (Å²) in [6.45, 7) is 3.10. The second-order valence-corrected chi connectivity index (χ2v) is 6.36. The molecule has 0 bridgehead atoms. The Morgan fingerprint density at radius 3 is 2.94 bits per heavy atom. The van der Waals surface area contributed by atoms with Crippen molar-refractivity contribution in [3.05, 3.63) is 34.1 Å². The maximum absolute atomic E-state index is 12.9. The SMILES string of the molecule is Fc1ccc(CN2CCCC(Br)C2)c(Br)c1. The highest BCUT2D eigenvalue weighted by atomic mass is 79.9. The lowest BCUT2D eigenvalue weighted by atomic mass is 10.1. The van der Waals surface area contributed by atoms with Gasteiger partial charge in [0.25, 0.3) is 0 Å². The molecule has 1 saturated heterocycles. The van der Waals surface area contributed by atoms with Gasteiger partial charge in [0, 0.05) is 22.4 Å². The van der Waals surface area contributed by atoms with Crippen LogP contribution in [0, 0.1) is 5.82 Å². The van der Waals surface area contributed by atoms with Crippen molar-refractivity contribution in [2.24, 2.45) is 0 Å². The van der Waals surface area contributed by atoms with Crippen molar-refractivity contribution in [2.45, 2.75) is 24.2 Å². The molecule has 0 radical (unpaired) electrons. The van der Waals surface area contributed by atoms with Crippen LogP contribution in [0.15, 0.2) is 22.7 Å². The van der Waals surface area contributed by atoms with E-state index in [0.717, 1.165) is 29.7 Å². The van der Waals surface area contributed by atoms with Crippen molar-refractivity contribution >= 4 is 31.9 Å². The van der Waals surface area contributed by atoms with Crippen molar-refractivity contribution in [3.8, 4) is 0 Å². The van der Waals surface area contributed by atoms with Crippen LogP contribution in [0.25, 0.3) is 0 Å². The van der Waals surface area contributed by atoms with Crippen LogP contribution in [0.5, 0.6) is 0 Å². The van der Waals surface area contributed by atoms with E-state index in [0.29, 0.717) is 4.83 Å². The summed E-state index contributed by atoms with van der Waals surface area (Å²) >= 11 is 7.07. The predicted molar refractivity (Wildman–Crippen MR) is 71.3 cm³/mol. The molecule has 1 aromatic carbocycles. The van der Waals surface area contributed by atoms with Gasteiger partial charge in [-0.2, -0.15) is 0 Å². The van der Waals surface area contributed by atoms with Crippen molar-refractivity contribution in [1.29, 1.82) is 0 Å². The van der Waals surface area contributed by atoms with Crippen LogP contribution in [0.1, 0.15) is 18.4 Å². The Bertz CT molecular complexity index is 370. The standard InChI is InChI=1S/C12H14Br2FN/c13-10-2-1-5-16(8-10)7-9-3-4-11(15)6-12(9)14/h3-4,6,10H,1-2,5,7-8H2. The molecule has 1 heterocycles. The summed E-state index contributed by atoms with van der Waals surface area (Å²) in [7, 11) is 0. The molecule has 1 fully saturated rings. The Morgan fingerprint density at radius 2 is 2.25 bits per heavy atom. The van der Waals surface area contributed by atoms with Crippen LogP contribution in [0.4, 0.5) is 4.39 Å². The van der Waals surface area contributed by atoms with Gasteiger partial charge in [-0.25, -0.2) is 4.39 Å². The van der Waals surface area contributed by atoms with Gasteiger partial charge in [0.1, 0.15) is 5.82 Å². The third-order valence-corrected chi connectivity index (χ3v) is 4.34. The fourth-order valence-electron chi connectivity index (χ4n) is 2.03. The number of nitrogens with zero attached hydrogens (tertiary/aromatic N) is 1. The largest absolute Gasteiger partial charge is 0.298 e. The first-order valence-corrected chi connectivity index (χ1v) is 7.16. The van der Waals surface area contributed by atoms with E-state index in [1.165, 1.54) is 25.0 Å². The summed E-state index contributed by atoms with van der Waals surface area (Å²) in [6.07, 6.45) is 2.48. The van der Waals surface area contributed by atoms with Crippen molar-refractivity contribution < 1.29 is 4.39 Å². The molecule has 1 aromatic rings. The molecule has 0 N–H and O–H groups in total. The van der Waals surface area contributed by atoms with E-state index >= 15 is 0 Å². The molecule has 1 nitrogen and oxygen atoms in total. The predicted octanol–water partition coefficient (Wildman–Crippen LogP) is 3.95. The van der Waals surface area contributed by atoms with E-state index in [1.54, 1.807) is 0 Å². The van der Waals surface area contributed by atoms with Gasteiger partial charge >= 0.3 is 0 Å². The Labute approximate surface area is 112 Å². The second-order valence-electron chi connectivity index (χ2n) is 4.21. The van der Waals surface area contributed by atoms with Gasteiger partial charge < -0.3 is 0 Å². The number of halogens is 3. The first-order chi connectivity index (χ1) is 7.65. The van der Waals surface area contributed by atoms with E-state index in [9.17, 15) is 4.39 Å². The molecule has 0 aliphatic carbocycles. The fraction of sp³-hybridized carbons (Fsp3) is 0.500. The normalized spacial score (nSPS) is 22.3. The van der Waals surface area contributed by atoms with Crippen molar-refractivity contribution in [2.75, 3.05) is 13.1 Å². The lowest BCUT2D eigenvalue weighted by Crippen LogP contribution is -2.35. The summed E-state index contributed by atoms with van der Waals surface area (Å²) in [5.41, 5.74) is 1.16. The van der Waals surface area contributed by atoms with Gasteiger partial charge in [0.2, 0.25) is 0 Å². The molecule has 1 atom stereocenters. The average Bonchev–Trinajstić information content (AvgIpc) is 2.22. The maximum atomic E-state index is 12.9. The number of rotatable bonds is 2. The van der Waals surface area contributed by atoms with E-state index in [-0.39, 0.29) is 5.82 Å². The zero-order valence-electron chi connectivity index (χ0n) is 8.93. The van der Waals surface area contributed by atoms with E-state index in [4.69, 9.17) is 0 Å². The minimum absolute atomic E-state index is 0.187. The van der Waals surface area contributed by atoms with Gasteiger partial charge in [-0.3, -0.25) is 4.90 Å². The second kappa shape index (κ2) is 5.61. The van der Waals surface area contributed by atoms with Crippen LogP contribution in [-0.2, 0) is 6.54 Å². The quantitative estimate of drug-likeness (QED) is 0.730. The van der Waals surface area contributed by atoms with E-state index in [1.807, 2.05) is 6.07 Å². The maximum Gasteiger partial charge on any atom is 0.124 e. The number of benzene rings is 1. The molecule has 0 saturated carbocycles. The molecule has 1 unspecified atom stereocenters. The minimum atomic E-state index is -0.187. The molecule has 0 spiro atoms. The van der Waals surface area contributed by atoms with E-state index < -0.39 is 0 Å². The van der Waals surface area contributed by atoms with Crippen molar-refractivity contribution in [3.63, 3.8) is 0 Å². The highest BCUT2D eigenvalue weighted by Crippen LogP contribution is 2.23. The molecule has 0 amide bonds. The highest BCUT2D eigenvalue weighted by molar-refractivity contribution is 9.10. The molecule has 0 aromatic heterocycles. The van der Waals surface area contributed by atoms with Crippen LogP contribution >= 0.6 is 31.9 Å². The Kier molecular flexibility index (Phi) is 4.39. The zero-order chi connectivity index (χ0) is 11.5. The average molecular weight is 351 g/mol. The lowest BCUT2D eigenvalue weighted by Gasteiger charge is -2.30. The lowest BCUT2D eigenvalue weighted by molar-refractivity contribution is 0.227. The summed E-state index contributed by atoms with van der Waals surface area (Å²) in [5, 5.41) is 0. The Hall–Kier alpha value is 0.0700. The number of hydrogen-bond donors (Lipinski definition) is 0. The van der Waals surface area contributed by atoms with Gasteiger partial charge in [-0.15, -0.1) is 0 Å². The van der Waals surface area contributed by atoms with Crippen LogP contribution in [0.3, 0.4) is 0 Å². The number of piperidine rings is 1. The third-order valence-electron chi connectivity index (χ3n) is 2.86. The van der Waals surface area contributed by atoms with Crippen LogP contribution in [0.2, 0.25) is 0 Å². The molecular weight excluding hydrogens is 337 g/mol. The summed E-state index contributed by atoms with van der Waals surface area (Å²) in [4.78, 5) is 3.00. The van der Waals surface area contributed by atoms with Gasteiger partial charge in [-0.05, 0) is 37.1 Å². The topological polar surface area (TPSA) is 3.24 Å². The van der Waals surface area contributed by atoms with Gasteiger partial charge in [0.05, 0.1) is 0 Å². The Balaban J connectivity index is 2.02. The number of hydrogen-bond acceptors (Lipinski definition) is 1. The smallest absolute Gasteiger partial charge is 0.124 e. The fourth-order valence-corrected chi connectivity index (χ4v) is 3.24. The molecular formula is C12H14Br2FN. The third kappa shape index (κ3) is 3.28. The van der Waals surface area contributed by atoms with Crippen molar-refractivity contribution in [1.82, 2.24) is 4.90 Å². The van der Waals surface area contributed by atoms with Crippen LogP contribution in [-0.4, -0.2) is 22.8 Å². The monoisotopic (exact) mass is 349 g/mol. The molecule has 1 aliphatic heterocycles. The minimum Gasteiger partial charge on any atom is -0.298 e. The first kappa shape index (κ1) is 12.5. The molecule has 4 heteroatoms. The number of likely N-dealkylation sites (tertiary alicyclic amines) is 1. The number of alkyl halides is 1. The van der Waals surface area contributed by atoms with E-state index in [2.05, 4.69) is 36.8 Å². The zero-order valence-corrected chi connectivity index (χ0v) is 12.1. The van der Waals surface area contributed by atoms with Gasteiger partial charge in [-0.1, -0.05) is 37.9 Å². The van der Waals surface area contributed by atoms with Gasteiger partial charge in [0.15, 0.2) is 0 Å². The molecule has 88 valence electrons. The summed E-state index contributed by atoms with van der Waals surface area (Å²) in [6, 6.07) is 4.91. The highest BCUT2D eigenvalue weighted by Gasteiger charge is 2.18. The molecule has 16 heavy (non-hydrogen) atoms. The molecule has 2 rings (SSSR count). The molecule has 1 aliphatic rings.